The highest BCUT2D eigenvalue weighted by Gasteiger charge is 2.27. The minimum atomic E-state index is -2.54. The number of alkyl halides is 2. The Hall–Kier alpha value is -1.11. The van der Waals surface area contributed by atoms with Crippen LogP contribution in [0.2, 0.25) is 0 Å². The molecule has 0 radical (unpaired) electrons. The first kappa shape index (κ1) is 16.9. The fourth-order valence-electron chi connectivity index (χ4n) is 2.29. The summed E-state index contributed by atoms with van der Waals surface area (Å²) >= 11 is 0. The predicted octanol–water partition coefficient (Wildman–Crippen LogP) is 2.16. The van der Waals surface area contributed by atoms with E-state index in [9.17, 15) is 13.2 Å². The van der Waals surface area contributed by atoms with Crippen molar-refractivity contribution in [2.75, 3.05) is 19.7 Å². The van der Waals surface area contributed by atoms with Crippen LogP contribution in [0.1, 0.15) is 24.9 Å². The molecule has 3 nitrogen and oxygen atoms in total. The molecule has 3 N–H and O–H groups in total. The molecule has 1 rings (SSSR count). The van der Waals surface area contributed by atoms with E-state index in [1.165, 1.54) is 23.1 Å². The topological polar surface area (TPSA) is 49.5 Å². The Labute approximate surface area is 117 Å². The number of aliphatic hydroxyl groups excluding tert-OH is 1. The van der Waals surface area contributed by atoms with Gasteiger partial charge in [0, 0.05) is 12.6 Å². The van der Waals surface area contributed by atoms with E-state index >= 15 is 0 Å². The summed E-state index contributed by atoms with van der Waals surface area (Å²) in [6, 6.07) is 4.83. The van der Waals surface area contributed by atoms with Gasteiger partial charge < -0.3 is 10.8 Å². The Morgan fingerprint density at radius 2 is 2.05 bits per heavy atom. The van der Waals surface area contributed by atoms with Gasteiger partial charge in [0.15, 0.2) is 0 Å². The molecule has 0 saturated carbocycles. The molecule has 2 unspecified atom stereocenters. The Morgan fingerprint density at radius 1 is 1.35 bits per heavy atom. The monoisotopic (exact) mass is 290 g/mol. The molecular weight excluding hydrogens is 269 g/mol. The van der Waals surface area contributed by atoms with Crippen LogP contribution in [-0.4, -0.2) is 42.2 Å². The summed E-state index contributed by atoms with van der Waals surface area (Å²) in [5, 5.41) is 9.05. The van der Waals surface area contributed by atoms with Gasteiger partial charge in [0.05, 0.1) is 19.2 Å². The number of rotatable bonds is 8. The molecule has 0 aromatic heterocycles. The highest BCUT2D eigenvalue weighted by molar-refractivity contribution is 5.22. The average molecular weight is 290 g/mol. The summed E-state index contributed by atoms with van der Waals surface area (Å²) in [5.41, 5.74) is 6.57. The third-order valence-corrected chi connectivity index (χ3v) is 3.22. The van der Waals surface area contributed by atoms with E-state index < -0.39 is 30.9 Å². The second-order valence-electron chi connectivity index (χ2n) is 4.68. The number of nitrogens with two attached hydrogens (primary N) is 1. The molecule has 1 aromatic rings. The summed E-state index contributed by atoms with van der Waals surface area (Å²) in [7, 11) is 0. The molecule has 0 aliphatic heterocycles. The van der Waals surface area contributed by atoms with Crippen molar-refractivity contribution in [3.05, 3.63) is 35.6 Å². The van der Waals surface area contributed by atoms with E-state index in [4.69, 9.17) is 10.8 Å². The second kappa shape index (κ2) is 8.24. The molecule has 114 valence electrons. The Balaban J connectivity index is 3.08. The number of benzene rings is 1. The van der Waals surface area contributed by atoms with Crippen molar-refractivity contribution in [2.45, 2.75) is 31.9 Å². The maximum absolute atomic E-state index is 13.3. The van der Waals surface area contributed by atoms with Gasteiger partial charge >= 0.3 is 0 Å². The first-order valence-corrected chi connectivity index (χ1v) is 6.63. The smallest absolute Gasteiger partial charge is 0.251 e. The van der Waals surface area contributed by atoms with Crippen LogP contribution in [0.15, 0.2) is 24.3 Å². The van der Waals surface area contributed by atoms with E-state index in [1.54, 1.807) is 6.07 Å². The second-order valence-corrected chi connectivity index (χ2v) is 4.68. The van der Waals surface area contributed by atoms with Crippen LogP contribution >= 0.6 is 0 Å². The van der Waals surface area contributed by atoms with Gasteiger partial charge in [0.1, 0.15) is 5.82 Å². The molecule has 6 heteroatoms. The van der Waals surface area contributed by atoms with Crippen LogP contribution in [0.4, 0.5) is 13.2 Å². The molecule has 2 atom stereocenters. The van der Waals surface area contributed by atoms with Crippen LogP contribution < -0.4 is 5.73 Å². The van der Waals surface area contributed by atoms with Gasteiger partial charge in [-0.3, -0.25) is 4.90 Å². The standard InChI is InChI=1S/C14H21F3N2O/c1-2-12(18)14(10-4-3-5-11(15)8-10)19(6-7-20)9-13(16)17/h3-5,8,12-14,20H,2,6-7,9,18H2,1H3. The van der Waals surface area contributed by atoms with Gasteiger partial charge in [-0.15, -0.1) is 0 Å². The number of nitrogens with zero attached hydrogens (tertiary/aromatic N) is 1. The van der Waals surface area contributed by atoms with E-state index in [0.717, 1.165) is 0 Å². The van der Waals surface area contributed by atoms with Crippen molar-refractivity contribution in [3.8, 4) is 0 Å². The maximum Gasteiger partial charge on any atom is 0.251 e. The minimum absolute atomic E-state index is 0.0687. The summed E-state index contributed by atoms with van der Waals surface area (Å²) < 4.78 is 38.7. The summed E-state index contributed by atoms with van der Waals surface area (Å²) in [6.07, 6.45) is -1.98. The van der Waals surface area contributed by atoms with Crippen LogP contribution in [-0.2, 0) is 0 Å². The van der Waals surface area contributed by atoms with E-state index in [2.05, 4.69) is 0 Å². The van der Waals surface area contributed by atoms with Crippen molar-refractivity contribution in [3.63, 3.8) is 0 Å². The van der Waals surface area contributed by atoms with Gasteiger partial charge in [-0.25, -0.2) is 13.2 Å². The SMILES string of the molecule is CCC(N)C(c1cccc(F)c1)N(CCO)CC(F)F. The molecule has 0 aliphatic rings. The third kappa shape index (κ3) is 4.77. The number of hydrogen-bond donors (Lipinski definition) is 2. The highest BCUT2D eigenvalue weighted by atomic mass is 19.3. The highest BCUT2D eigenvalue weighted by Crippen LogP contribution is 2.26. The van der Waals surface area contributed by atoms with Crippen molar-refractivity contribution >= 4 is 0 Å². The lowest BCUT2D eigenvalue weighted by Gasteiger charge is -2.35. The first-order valence-electron chi connectivity index (χ1n) is 6.63. The van der Waals surface area contributed by atoms with Crippen LogP contribution in [0.3, 0.4) is 0 Å². The molecule has 20 heavy (non-hydrogen) atoms. The molecule has 0 aliphatic carbocycles. The first-order chi connectivity index (χ1) is 9.49. The summed E-state index contributed by atoms with van der Waals surface area (Å²) in [4.78, 5) is 1.41. The van der Waals surface area contributed by atoms with E-state index in [0.29, 0.717) is 12.0 Å². The zero-order valence-electron chi connectivity index (χ0n) is 11.5. The van der Waals surface area contributed by atoms with Crippen molar-refractivity contribution in [2.24, 2.45) is 5.73 Å². The van der Waals surface area contributed by atoms with Gasteiger partial charge in [-0.2, -0.15) is 0 Å². The molecule has 0 bridgehead atoms. The van der Waals surface area contributed by atoms with E-state index in [-0.39, 0.29) is 13.2 Å². The maximum atomic E-state index is 13.3. The molecular formula is C14H21F3N2O. The van der Waals surface area contributed by atoms with E-state index in [1.807, 2.05) is 6.92 Å². The number of hydrogen-bond acceptors (Lipinski definition) is 3. The number of halogens is 3. The molecule has 0 spiro atoms. The third-order valence-electron chi connectivity index (χ3n) is 3.22. The molecule has 0 amide bonds. The van der Waals surface area contributed by atoms with Crippen molar-refractivity contribution in [1.82, 2.24) is 4.90 Å². The van der Waals surface area contributed by atoms with Gasteiger partial charge in [-0.1, -0.05) is 19.1 Å². The fraction of sp³-hybridized carbons (Fsp3) is 0.571. The normalized spacial score (nSPS) is 14.8. The van der Waals surface area contributed by atoms with Gasteiger partial charge in [0.25, 0.3) is 6.43 Å². The Kier molecular flexibility index (Phi) is 6.98. The lowest BCUT2D eigenvalue weighted by molar-refractivity contribution is 0.0466. The molecule has 0 heterocycles. The van der Waals surface area contributed by atoms with Crippen molar-refractivity contribution in [1.29, 1.82) is 0 Å². The quantitative estimate of drug-likeness (QED) is 0.771. The molecule has 0 saturated heterocycles. The minimum Gasteiger partial charge on any atom is -0.395 e. The lowest BCUT2D eigenvalue weighted by atomic mass is 9.96. The van der Waals surface area contributed by atoms with Gasteiger partial charge in [0.2, 0.25) is 0 Å². The number of aliphatic hydroxyl groups is 1. The Bertz CT molecular complexity index is 404. The van der Waals surface area contributed by atoms with Crippen molar-refractivity contribution < 1.29 is 18.3 Å². The van der Waals surface area contributed by atoms with Gasteiger partial charge in [-0.05, 0) is 24.1 Å². The largest absolute Gasteiger partial charge is 0.395 e. The average Bonchev–Trinajstić information content (AvgIpc) is 2.38. The lowest BCUT2D eigenvalue weighted by Crippen LogP contribution is -2.44. The van der Waals surface area contributed by atoms with Crippen LogP contribution in [0.5, 0.6) is 0 Å². The Morgan fingerprint density at radius 3 is 2.55 bits per heavy atom. The zero-order valence-corrected chi connectivity index (χ0v) is 11.5. The molecule has 0 fully saturated rings. The molecule has 1 aromatic carbocycles. The fourth-order valence-corrected chi connectivity index (χ4v) is 2.29. The summed E-state index contributed by atoms with van der Waals surface area (Å²) in [5.74, 6) is -0.434. The zero-order chi connectivity index (χ0) is 15.1. The van der Waals surface area contributed by atoms with Crippen LogP contribution in [0, 0.1) is 5.82 Å². The summed E-state index contributed by atoms with van der Waals surface area (Å²) in [6.45, 7) is 1.15. The predicted molar refractivity (Wildman–Crippen MR) is 72.1 cm³/mol. The van der Waals surface area contributed by atoms with Crippen LogP contribution in [0.25, 0.3) is 0 Å².